The average molecular weight is 497 g/mol. The molecule has 0 saturated heterocycles. The molecule has 1 aromatic carbocycles. The Labute approximate surface area is 164 Å². The quantitative estimate of drug-likeness (QED) is 0.224. The fourth-order valence-electron chi connectivity index (χ4n) is 1.83. The van der Waals surface area contributed by atoms with Gasteiger partial charge in [0.2, 0.25) is 0 Å². The highest BCUT2D eigenvalue weighted by molar-refractivity contribution is 14.0. The summed E-state index contributed by atoms with van der Waals surface area (Å²) in [5.74, 6) is 0.763. The van der Waals surface area contributed by atoms with Crippen LogP contribution in [0.25, 0.3) is 0 Å². The van der Waals surface area contributed by atoms with Crippen molar-refractivity contribution >= 4 is 51.8 Å². The van der Waals surface area contributed by atoms with Gasteiger partial charge in [-0.05, 0) is 31.0 Å². The number of nitrogens with zero attached hydrogens (tertiary/aromatic N) is 1. The molecule has 1 aromatic rings. The molecule has 0 aliphatic carbocycles. The van der Waals surface area contributed by atoms with E-state index < -0.39 is 0 Å². The summed E-state index contributed by atoms with van der Waals surface area (Å²) >= 11 is 3.36. The first kappa shape index (κ1) is 22.2. The molecule has 0 heterocycles. The van der Waals surface area contributed by atoms with Crippen LogP contribution < -0.4 is 16.0 Å². The molecule has 1 rings (SSSR count). The van der Waals surface area contributed by atoms with Crippen LogP contribution in [-0.4, -0.2) is 38.5 Å². The molecule has 0 aliphatic rings. The topological polar surface area (TPSA) is 65.5 Å². The number of amides is 1. The number of guanidine groups is 1. The zero-order valence-corrected chi connectivity index (χ0v) is 17.6. The molecule has 0 unspecified atom stereocenters. The van der Waals surface area contributed by atoms with Crippen molar-refractivity contribution in [2.45, 2.75) is 26.2 Å². The molecular formula is C16H26BrIN4O. The number of benzene rings is 1. The smallest absolute Gasteiger partial charge is 0.251 e. The van der Waals surface area contributed by atoms with Gasteiger partial charge in [0.05, 0.1) is 0 Å². The van der Waals surface area contributed by atoms with Gasteiger partial charge in [-0.25, -0.2) is 0 Å². The number of hydrogen-bond donors (Lipinski definition) is 3. The average Bonchev–Trinajstić information content (AvgIpc) is 2.52. The highest BCUT2D eigenvalue weighted by Gasteiger charge is 2.04. The number of halogens is 2. The maximum atomic E-state index is 11.9. The van der Waals surface area contributed by atoms with E-state index in [4.69, 9.17) is 0 Å². The van der Waals surface area contributed by atoms with E-state index in [-0.39, 0.29) is 29.9 Å². The number of aliphatic imine (C=N–C) groups is 1. The molecule has 23 heavy (non-hydrogen) atoms. The predicted octanol–water partition coefficient (Wildman–Crippen LogP) is 3.15. The van der Waals surface area contributed by atoms with Crippen molar-refractivity contribution in [3.63, 3.8) is 0 Å². The molecule has 130 valence electrons. The highest BCUT2D eigenvalue weighted by Crippen LogP contribution is 2.11. The van der Waals surface area contributed by atoms with Gasteiger partial charge in [-0.1, -0.05) is 35.3 Å². The fourth-order valence-corrected chi connectivity index (χ4v) is 2.23. The molecule has 0 radical (unpaired) electrons. The summed E-state index contributed by atoms with van der Waals surface area (Å²) in [6.07, 6.45) is 3.13. The molecule has 0 aliphatic heterocycles. The van der Waals surface area contributed by atoms with Crippen molar-refractivity contribution in [1.29, 1.82) is 0 Å². The van der Waals surface area contributed by atoms with Crippen molar-refractivity contribution < 1.29 is 4.79 Å². The first-order chi connectivity index (χ1) is 10.7. The Kier molecular flexibility index (Phi) is 13.1. The number of hydrogen-bond acceptors (Lipinski definition) is 2. The van der Waals surface area contributed by atoms with Gasteiger partial charge in [-0.15, -0.1) is 24.0 Å². The van der Waals surface area contributed by atoms with Crippen LogP contribution in [0.2, 0.25) is 0 Å². The van der Waals surface area contributed by atoms with Crippen molar-refractivity contribution in [1.82, 2.24) is 16.0 Å². The zero-order chi connectivity index (χ0) is 16.2. The van der Waals surface area contributed by atoms with Crippen molar-refractivity contribution in [2.75, 3.05) is 26.7 Å². The van der Waals surface area contributed by atoms with Gasteiger partial charge in [0.15, 0.2) is 5.96 Å². The number of unbranched alkanes of at least 4 members (excludes halogenated alkanes) is 1. The Hall–Kier alpha value is -0.830. The standard InChI is InChI=1S/C16H25BrN4O.HI/c1-3-4-9-20-16(18-2)21-11-6-10-19-15(22)13-7-5-8-14(17)12-13;/h5,7-8,12H,3-4,6,9-11H2,1-2H3,(H,19,22)(H2,18,20,21);1H. The number of nitrogens with one attached hydrogen (secondary N) is 3. The molecular weight excluding hydrogens is 471 g/mol. The number of carbonyl (C=O) groups excluding carboxylic acids is 1. The van der Waals surface area contributed by atoms with E-state index in [2.05, 4.69) is 43.8 Å². The molecule has 7 heteroatoms. The number of carbonyl (C=O) groups is 1. The molecule has 0 saturated carbocycles. The Morgan fingerprint density at radius 3 is 2.39 bits per heavy atom. The molecule has 0 atom stereocenters. The third-order valence-electron chi connectivity index (χ3n) is 3.06. The first-order valence-electron chi connectivity index (χ1n) is 7.65. The Morgan fingerprint density at radius 1 is 1.13 bits per heavy atom. The monoisotopic (exact) mass is 496 g/mol. The van der Waals surface area contributed by atoms with Gasteiger partial charge < -0.3 is 16.0 Å². The number of rotatable bonds is 8. The summed E-state index contributed by atoms with van der Waals surface area (Å²) in [6, 6.07) is 7.37. The second-order valence-corrected chi connectivity index (χ2v) is 5.81. The SMILES string of the molecule is CCCCNC(=NC)NCCCNC(=O)c1cccc(Br)c1.I. The van der Waals surface area contributed by atoms with Crippen molar-refractivity contribution in [2.24, 2.45) is 4.99 Å². The molecule has 0 spiro atoms. The molecule has 0 bridgehead atoms. The zero-order valence-electron chi connectivity index (χ0n) is 13.7. The molecule has 0 fully saturated rings. The van der Waals surface area contributed by atoms with E-state index in [0.717, 1.165) is 42.8 Å². The fraction of sp³-hybridized carbons (Fsp3) is 0.500. The van der Waals surface area contributed by atoms with Crippen LogP contribution in [-0.2, 0) is 0 Å². The van der Waals surface area contributed by atoms with Gasteiger partial charge in [-0.3, -0.25) is 9.79 Å². The molecule has 5 nitrogen and oxygen atoms in total. The largest absolute Gasteiger partial charge is 0.356 e. The minimum absolute atomic E-state index is 0. The summed E-state index contributed by atoms with van der Waals surface area (Å²) < 4.78 is 0.906. The molecule has 1 amide bonds. The lowest BCUT2D eigenvalue weighted by Gasteiger charge is -2.11. The van der Waals surface area contributed by atoms with Crippen LogP contribution in [0.4, 0.5) is 0 Å². The van der Waals surface area contributed by atoms with Gasteiger partial charge in [0, 0.05) is 36.7 Å². The van der Waals surface area contributed by atoms with E-state index in [9.17, 15) is 4.79 Å². The van der Waals surface area contributed by atoms with E-state index in [1.807, 2.05) is 18.2 Å². The molecule has 3 N–H and O–H groups in total. The van der Waals surface area contributed by atoms with Crippen LogP contribution in [0.15, 0.2) is 33.7 Å². The Morgan fingerprint density at radius 2 is 1.78 bits per heavy atom. The van der Waals surface area contributed by atoms with Gasteiger partial charge in [0.1, 0.15) is 0 Å². The predicted molar refractivity (Wildman–Crippen MR) is 111 cm³/mol. The first-order valence-corrected chi connectivity index (χ1v) is 8.45. The van der Waals surface area contributed by atoms with Gasteiger partial charge in [0.25, 0.3) is 5.91 Å². The van der Waals surface area contributed by atoms with E-state index in [0.29, 0.717) is 12.1 Å². The van der Waals surface area contributed by atoms with Crippen LogP contribution in [0, 0.1) is 0 Å². The van der Waals surface area contributed by atoms with Crippen LogP contribution in [0.3, 0.4) is 0 Å². The van der Waals surface area contributed by atoms with Crippen molar-refractivity contribution in [3.8, 4) is 0 Å². The maximum Gasteiger partial charge on any atom is 0.251 e. The second kappa shape index (κ2) is 13.6. The van der Waals surface area contributed by atoms with Crippen LogP contribution in [0.5, 0.6) is 0 Å². The summed E-state index contributed by atoms with van der Waals surface area (Å²) in [7, 11) is 1.76. The van der Waals surface area contributed by atoms with Crippen LogP contribution >= 0.6 is 39.9 Å². The minimum atomic E-state index is -0.0493. The summed E-state index contributed by atoms with van der Waals surface area (Å²) in [5, 5.41) is 9.39. The maximum absolute atomic E-state index is 11.9. The second-order valence-electron chi connectivity index (χ2n) is 4.90. The highest BCUT2D eigenvalue weighted by atomic mass is 127. The van der Waals surface area contributed by atoms with E-state index >= 15 is 0 Å². The molecule has 0 aromatic heterocycles. The third-order valence-corrected chi connectivity index (χ3v) is 3.56. The van der Waals surface area contributed by atoms with Gasteiger partial charge in [-0.2, -0.15) is 0 Å². The summed E-state index contributed by atoms with van der Waals surface area (Å²) in [4.78, 5) is 16.1. The van der Waals surface area contributed by atoms with Gasteiger partial charge >= 0.3 is 0 Å². The Bertz CT molecular complexity index is 497. The lowest BCUT2D eigenvalue weighted by Crippen LogP contribution is -2.39. The normalized spacial score (nSPS) is 10.7. The Balaban J connectivity index is 0.00000484. The summed E-state index contributed by atoms with van der Waals surface area (Å²) in [6.45, 7) is 4.48. The van der Waals surface area contributed by atoms with Crippen LogP contribution in [0.1, 0.15) is 36.5 Å². The van der Waals surface area contributed by atoms with E-state index in [1.165, 1.54) is 0 Å². The third kappa shape index (κ3) is 9.80. The van der Waals surface area contributed by atoms with E-state index in [1.54, 1.807) is 13.1 Å². The lowest BCUT2D eigenvalue weighted by molar-refractivity contribution is 0.0953. The lowest BCUT2D eigenvalue weighted by atomic mass is 10.2. The summed E-state index contributed by atoms with van der Waals surface area (Å²) in [5.41, 5.74) is 0.666. The van der Waals surface area contributed by atoms with Crippen molar-refractivity contribution in [3.05, 3.63) is 34.3 Å². The minimum Gasteiger partial charge on any atom is -0.356 e.